The van der Waals surface area contributed by atoms with Gasteiger partial charge in [0.05, 0.1) is 5.69 Å². The Balaban J connectivity index is 0.00000144. The van der Waals surface area contributed by atoms with E-state index in [4.69, 9.17) is 0 Å². The fraction of sp³-hybridized carbons (Fsp3) is 0.769. The summed E-state index contributed by atoms with van der Waals surface area (Å²) in [5, 5.41) is 8.04. The maximum absolute atomic E-state index is 4.44. The van der Waals surface area contributed by atoms with Crippen LogP contribution in [0, 0.1) is 19.3 Å². The Morgan fingerprint density at radius 2 is 2.00 bits per heavy atom. The summed E-state index contributed by atoms with van der Waals surface area (Å²) in [6.45, 7) is 8.67. The third kappa shape index (κ3) is 3.02. The molecule has 0 aliphatic heterocycles. The monoisotopic (exact) mass is 257 g/mol. The fourth-order valence-electron chi connectivity index (χ4n) is 2.36. The van der Waals surface area contributed by atoms with Gasteiger partial charge in [0.25, 0.3) is 0 Å². The molecule has 0 bridgehead atoms. The van der Waals surface area contributed by atoms with Crippen LogP contribution in [0.5, 0.6) is 0 Å². The summed E-state index contributed by atoms with van der Waals surface area (Å²) in [4.78, 5) is 0. The van der Waals surface area contributed by atoms with Gasteiger partial charge in [-0.15, -0.1) is 12.4 Å². The van der Waals surface area contributed by atoms with Gasteiger partial charge in [-0.2, -0.15) is 5.10 Å². The predicted molar refractivity (Wildman–Crippen MR) is 73.6 cm³/mol. The standard InChI is InChI=1S/C13H23N3.ClH/c1-5-13(6-7-13)9-14-8-12-10(2)15-16(4)11(12)3;/h14H,5-9H2,1-4H3;1H. The second-order valence-corrected chi connectivity index (χ2v) is 5.23. The molecule has 0 radical (unpaired) electrons. The van der Waals surface area contributed by atoms with Crippen LogP contribution in [-0.4, -0.2) is 16.3 Å². The van der Waals surface area contributed by atoms with Crippen molar-refractivity contribution < 1.29 is 0 Å². The molecule has 0 aromatic carbocycles. The molecular formula is C13H24ClN3. The molecule has 98 valence electrons. The van der Waals surface area contributed by atoms with Gasteiger partial charge in [-0.3, -0.25) is 4.68 Å². The molecule has 3 nitrogen and oxygen atoms in total. The van der Waals surface area contributed by atoms with Crippen molar-refractivity contribution in [2.24, 2.45) is 12.5 Å². The third-order valence-corrected chi connectivity index (χ3v) is 4.17. The number of nitrogens with one attached hydrogen (secondary N) is 1. The molecule has 1 aromatic rings. The Kier molecular flexibility index (Phi) is 4.62. The number of aromatic nitrogens is 2. The lowest BCUT2D eigenvalue weighted by Crippen LogP contribution is -2.23. The summed E-state index contributed by atoms with van der Waals surface area (Å²) in [7, 11) is 2.01. The van der Waals surface area contributed by atoms with Gasteiger partial charge in [0, 0.05) is 31.4 Å². The molecule has 1 saturated carbocycles. The Bertz CT molecular complexity index is 380. The highest BCUT2D eigenvalue weighted by Crippen LogP contribution is 2.47. The van der Waals surface area contributed by atoms with Gasteiger partial charge in [-0.1, -0.05) is 6.92 Å². The van der Waals surface area contributed by atoms with E-state index in [1.807, 2.05) is 11.7 Å². The van der Waals surface area contributed by atoms with E-state index < -0.39 is 0 Å². The van der Waals surface area contributed by atoms with Gasteiger partial charge < -0.3 is 5.32 Å². The molecule has 0 spiro atoms. The zero-order valence-electron chi connectivity index (χ0n) is 11.3. The number of nitrogens with zero attached hydrogens (tertiary/aromatic N) is 2. The highest BCUT2D eigenvalue weighted by molar-refractivity contribution is 5.85. The van der Waals surface area contributed by atoms with E-state index in [2.05, 4.69) is 31.2 Å². The molecule has 1 aliphatic rings. The number of hydrogen-bond donors (Lipinski definition) is 1. The van der Waals surface area contributed by atoms with Gasteiger partial charge in [0.15, 0.2) is 0 Å². The van der Waals surface area contributed by atoms with Crippen molar-refractivity contribution >= 4 is 12.4 Å². The first-order chi connectivity index (χ1) is 7.58. The summed E-state index contributed by atoms with van der Waals surface area (Å²) >= 11 is 0. The minimum atomic E-state index is 0. The number of aryl methyl sites for hydroxylation is 2. The molecule has 0 amide bonds. The topological polar surface area (TPSA) is 29.9 Å². The maximum atomic E-state index is 4.44. The predicted octanol–water partition coefficient (Wildman–Crippen LogP) is 2.74. The van der Waals surface area contributed by atoms with E-state index in [1.165, 1.54) is 30.5 Å². The normalized spacial score (nSPS) is 16.7. The van der Waals surface area contributed by atoms with Crippen LogP contribution in [-0.2, 0) is 13.6 Å². The number of halogens is 1. The Hall–Kier alpha value is -0.540. The Morgan fingerprint density at radius 1 is 1.35 bits per heavy atom. The van der Waals surface area contributed by atoms with Gasteiger partial charge in [-0.05, 0) is 38.5 Å². The molecule has 0 saturated heterocycles. The van der Waals surface area contributed by atoms with E-state index in [0.717, 1.165) is 18.8 Å². The summed E-state index contributed by atoms with van der Waals surface area (Å²) in [5.41, 5.74) is 4.44. The minimum absolute atomic E-state index is 0. The van der Waals surface area contributed by atoms with Crippen LogP contribution >= 0.6 is 12.4 Å². The Labute approximate surface area is 110 Å². The second kappa shape index (κ2) is 5.40. The SMILES string of the molecule is CCC1(CNCc2c(C)nn(C)c2C)CC1.Cl. The van der Waals surface area contributed by atoms with Crippen LogP contribution in [0.4, 0.5) is 0 Å². The molecule has 1 aromatic heterocycles. The van der Waals surface area contributed by atoms with Crippen molar-refractivity contribution in [3.63, 3.8) is 0 Å². The minimum Gasteiger partial charge on any atom is -0.312 e. The van der Waals surface area contributed by atoms with Crippen molar-refractivity contribution in [2.45, 2.75) is 46.6 Å². The van der Waals surface area contributed by atoms with Crippen LogP contribution < -0.4 is 5.32 Å². The van der Waals surface area contributed by atoms with Crippen LogP contribution in [0.3, 0.4) is 0 Å². The molecule has 0 atom stereocenters. The molecule has 1 aliphatic carbocycles. The molecular weight excluding hydrogens is 234 g/mol. The maximum Gasteiger partial charge on any atom is 0.0641 e. The van der Waals surface area contributed by atoms with Crippen LogP contribution in [0.25, 0.3) is 0 Å². The van der Waals surface area contributed by atoms with Crippen LogP contribution in [0.15, 0.2) is 0 Å². The largest absolute Gasteiger partial charge is 0.312 e. The average molecular weight is 258 g/mol. The summed E-state index contributed by atoms with van der Waals surface area (Å²) in [6.07, 6.45) is 4.12. The highest BCUT2D eigenvalue weighted by Gasteiger charge is 2.39. The highest BCUT2D eigenvalue weighted by atomic mass is 35.5. The van der Waals surface area contributed by atoms with Gasteiger partial charge >= 0.3 is 0 Å². The van der Waals surface area contributed by atoms with E-state index in [9.17, 15) is 0 Å². The lowest BCUT2D eigenvalue weighted by molar-refractivity contribution is 0.443. The Morgan fingerprint density at radius 3 is 2.41 bits per heavy atom. The zero-order valence-corrected chi connectivity index (χ0v) is 12.2. The number of hydrogen-bond acceptors (Lipinski definition) is 2. The molecule has 1 fully saturated rings. The second-order valence-electron chi connectivity index (χ2n) is 5.23. The van der Waals surface area contributed by atoms with Gasteiger partial charge in [0.1, 0.15) is 0 Å². The molecule has 1 N–H and O–H groups in total. The first kappa shape index (κ1) is 14.5. The van der Waals surface area contributed by atoms with E-state index in [-0.39, 0.29) is 12.4 Å². The van der Waals surface area contributed by atoms with Crippen molar-refractivity contribution in [1.82, 2.24) is 15.1 Å². The van der Waals surface area contributed by atoms with E-state index >= 15 is 0 Å². The number of rotatable bonds is 5. The van der Waals surface area contributed by atoms with Crippen molar-refractivity contribution in [1.29, 1.82) is 0 Å². The lowest BCUT2D eigenvalue weighted by atomic mass is 10.0. The fourth-order valence-corrected chi connectivity index (χ4v) is 2.36. The van der Waals surface area contributed by atoms with Gasteiger partial charge in [-0.25, -0.2) is 0 Å². The molecule has 17 heavy (non-hydrogen) atoms. The van der Waals surface area contributed by atoms with Crippen molar-refractivity contribution in [3.8, 4) is 0 Å². The van der Waals surface area contributed by atoms with Gasteiger partial charge in [0.2, 0.25) is 0 Å². The van der Waals surface area contributed by atoms with Crippen molar-refractivity contribution in [3.05, 3.63) is 17.0 Å². The lowest BCUT2D eigenvalue weighted by Gasteiger charge is -2.13. The quantitative estimate of drug-likeness (QED) is 0.879. The zero-order chi connectivity index (χ0) is 11.8. The molecule has 4 heteroatoms. The van der Waals surface area contributed by atoms with Crippen LogP contribution in [0.2, 0.25) is 0 Å². The van der Waals surface area contributed by atoms with Crippen molar-refractivity contribution in [2.75, 3.05) is 6.54 Å². The average Bonchev–Trinajstić information content (AvgIpc) is 2.99. The molecule has 2 rings (SSSR count). The first-order valence-corrected chi connectivity index (χ1v) is 6.28. The smallest absolute Gasteiger partial charge is 0.0641 e. The molecule has 1 heterocycles. The molecule has 0 unspecified atom stereocenters. The van der Waals surface area contributed by atoms with Crippen LogP contribution in [0.1, 0.15) is 43.1 Å². The third-order valence-electron chi connectivity index (χ3n) is 4.17. The van der Waals surface area contributed by atoms with E-state index in [0.29, 0.717) is 5.41 Å². The summed E-state index contributed by atoms with van der Waals surface area (Å²) < 4.78 is 1.97. The first-order valence-electron chi connectivity index (χ1n) is 6.28. The summed E-state index contributed by atoms with van der Waals surface area (Å²) in [6, 6.07) is 0. The summed E-state index contributed by atoms with van der Waals surface area (Å²) in [5.74, 6) is 0. The van der Waals surface area contributed by atoms with E-state index in [1.54, 1.807) is 0 Å².